The Bertz CT molecular complexity index is 396. The number of hydrogen-bond acceptors (Lipinski definition) is 3. The molecule has 4 N–H and O–H groups in total. The predicted octanol–water partition coefficient (Wildman–Crippen LogP) is 2.67. The van der Waals surface area contributed by atoms with Crippen molar-refractivity contribution in [1.29, 1.82) is 0 Å². The third-order valence-electron chi connectivity index (χ3n) is 3.75. The Kier molecular flexibility index (Phi) is 7.16. The summed E-state index contributed by atoms with van der Waals surface area (Å²) in [4.78, 5) is 2.47. The number of anilines is 1. The Morgan fingerprint density at radius 2 is 2.00 bits per heavy atom. The number of benzene rings is 1. The predicted molar refractivity (Wildman–Crippen MR) is 87.0 cm³/mol. The van der Waals surface area contributed by atoms with Crippen LogP contribution in [0.1, 0.15) is 25.8 Å². The molecule has 1 unspecified atom stereocenters. The molecule has 110 valence electrons. The minimum atomic E-state index is 0. The fraction of sp³-hybridized carbons (Fsp3) is 0.571. The van der Waals surface area contributed by atoms with E-state index in [-0.39, 0.29) is 30.2 Å². The van der Waals surface area contributed by atoms with Crippen molar-refractivity contribution in [2.45, 2.75) is 32.9 Å². The molecule has 0 saturated carbocycles. The average molecular weight is 306 g/mol. The molecule has 5 heteroatoms. The molecule has 0 aromatic heterocycles. The maximum atomic E-state index is 6.15. The lowest BCUT2D eigenvalue weighted by Crippen LogP contribution is -2.52. The normalized spacial score (nSPS) is 22.2. The highest BCUT2D eigenvalue weighted by molar-refractivity contribution is 5.85. The molecule has 1 heterocycles. The summed E-state index contributed by atoms with van der Waals surface area (Å²) < 4.78 is 0. The van der Waals surface area contributed by atoms with Crippen LogP contribution < -0.4 is 11.5 Å². The first-order chi connectivity index (χ1) is 7.97. The SMILES string of the molecule is CC1(C)CN(Cc2cccc(N)c2)CCC1N.Cl.Cl. The van der Waals surface area contributed by atoms with Crippen molar-refractivity contribution in [1.82, 2.24) is 4.90 Å². The number of rotatable bonds is 2. The molecule has 1 aliphatic heterocycles. The molecule has 19 heavy (non-hydrogen) atoms. The van der Waals surface area contributed by atoms with Gasteiger partial charge in [-0.3, -0.25) is 4.90 Å². The van der Waals surface area contributed by atoms with Crippen molar-refractivity contribution in [2.75, 3.05) is 18.8 Å². The number of halogens is 2. The van der Waals surface area contributed by atoms with E-state index in [9.17, 15) is 0 Å². The Morgan fingerprint density at radius 1 is 1.32 bits per heavy atom. The van der Waals surface area contributed by atoms with E-state index in [2.05, 4.69) is 30.9 Å². The maximum Gasteiger partial charge on any atom is 0.0317 e. The number of likely N-dealkylation sites (tertiary alicyclic amines) is 1. The van der Waals surface area contributed by atoms with Crippen LogP contribution in [0.25, 0.3) is 0 Å². The minimum Gasteiger partial charge on any atom is -0.399 e. The zero-order valence-corrected chi connectivity index (χ0v) is 13.3. The van der Waals surface area contributed by atoms with Gasteiger partial charge in [0.1, 0.15) is 0 Å². The maximum absolute atomic E-state index is 6.15. The monoisotopic (exact) mass is 305 g/mol. The fourth-order valence-corrected chi connectivity index (χ4v) is 2.57. The highest BCUT2D eigenvalue weighted by Gasteiger charge is 2.33. The Morgan fingerprint density at radius 3 is 2.58 bits per heavy atom. The summed E-state index contributed by atoms with van der Waals surface area (Å²) in [6.45, 7) is 7.62. The summed E-state index contributed by atoms with van der Waals surface area (Å²) in [6.07, 6.45) is 1.08. The van der Waals surface area contributed by atoms with Gasteiger partial charge in [0.15, 0.2) is 0 Å². The summed E-state index contributed by atoms with van der Waals surface area (Å²) in [5.74, 6) is 0. The van der Waals surface area contributed by atoms with E-state index in [1.54, 1.807) is 0 Å². The Hall–Kier alpha value is -0.480. The lowest BCUT2D eigenvalue weighted by molar-refractivity contribution is 0.0899. The van der Waals surface area contributed by atoms with E-state index in [4.69, 9.17) is 11.5 Å². The summed E-state index contributed by atoms with van der Waals surface area (Å²) in [6, 6.07) is 8.46. The molecule has 0 bridgehead atoms. The molecular formula is C14H25Cl2N3. The van der Waals surface area contributed by atoms with Crippen molar-refractivity contribution in [2.24, 2.45) is 11.1 Å². The smallest absolute Gasteiger partial charge is 0.0317 e. The van der Waals surface area contributed by atoms with E-state index in [1.807, 2.05) is 12.1 Å². The standard InChI is InChI=1S/C14H23N3.2ClH/c1-14(2)10-17(7-6-13(14)16)9-11-4-3-5-12(15)8-11;;/h3-5,8,13H,6-7,9-10,15-16H2,1-2H3;2*1H. The molecule has 1 fully saturated rings. The number of piperidine rings is 1. The zero-order chi connectivity index (χ0) is 12.5. The van der Waals surface area contributed by atoms with Gasteiger partial charge in [-0.2, -0.15) is 0 Å². The van der Waals surface area contributed by atoms with Gasteiger partial charge >= 0.3 is 0 Å². The topological polar surface area (TPSA) is 55.3 Å². The van der Waals surface area contributed by atoms with E-state index >= 15 is 0 Å². The highest BCUT2D eigenvalue weighted by Crippen LogP contribution is 2.28. The van der Waals surface area contributed by atoms with Gasteiger partial charge in [-0.05, 0) is 29.5 Å². The van der Waals surface area contributed by atoms with Crippen LogP contribution in [0.4, 0.5) is 5.69 Å². The first-order valence-corrected chi connectivity index (χ1v) is 6.30. The third kappa shape index (κ3) is 4.84. The van der Waals surface area contributed by atoms with Crippen molar-refractivity contribution in [3.8, 4) is 0 Å². The number of hydrogen-bond donors (Lipinski definition) is 2. The Balaban J connectivity index is 0.00000162. The van der Waals surface area contributed by atoms with Crippen LogP contribution in [-0.2, 0) is 6.54 Å². The first kappa shape index (κ1) is 18.5. The molecule has 1 aromatic carbocycles. The van der Waals surface area contributed by atoms with Crippen LogP contribution in [0.3, 0.4) is 0 Å². The van der Waals surface area contributed by atoms with Crippen molar-refractivity contribution in [3.05, 3.63) is 29.8 Å². The van der Waals surface area contributed by atoms with Gasteiger partial charge in [-0.25, -0.2) is 0 Å². The van der Waals surface area contributed by atoms with Gasteiger partial charge in [0, 0.05) is 31.4 Å². The lowest BCUT2D eigenvalue weighted by atomic mass is 9.79. The first-order valence-electron chi connectivity index (χ1n) is 6.30. The fourth-order valence-electron chi connectivity index (χ4n) is 2.57. The molecule has 1 aromatic rings. The highest BCUT2D eigenvalue weighted by atomic mass is 35.5. The summed E-state index contributed by atoms with van der Waals surface area (Å²) >= 11 is 0. The summed E-state index contributed by atoms with van der Waals surface area (Å²) in [5, 5.41) is 0. The number of nitrogens with zero attached hydrogens (tertiary/aromatic N) is 1. The van der Waals surface area contributed by atoms with E-state index in [0.717, 1.165) is 31.7 Å². The minimum absolute atomic E-state index is 0. The Labute approximate surface area is 128 Å². The molecule has 0 aliphatic carbocycles. The van der Waals surface area contributed by atoms with Gasteiger partial charge in [0.2, 0.25) is 0 Å². The van der Waals surface area contributed by atoms with Crippen molar-refractivity contribution in [3.63, 3.8) is 0 Å². The molecular weight excluding hydrogens is 281 g/mol. The molecule has 0 spiro atoms. The van der Waals surface area contributed by atoms with Crippen LogP contribution in [0.5, 0.6) is 0 Å². The molecule has 1 atom stereocenters. The van der Waals surface area contributed by atoms with Gasteiger partial charge in [0.05, 0.1) is 0 Å². The third-order valence-corrected chi connectivity index (χ3v) is 3.75. The van der Waals surface area contributed by atoms with Gasteiger partial charge in [-0.1, -0.05) is 26.0 Å². The second-order valence-corrected chi connectivity index (χ2v) is 5.84. The van der Waals surface area contributed by atoms with E-state index < -0.39 is 0 Å². The van der Waals surface area contributed by atoms with Crippen LogP contribution in [0.2, 0.25) is 0 Å². The molecule has 1 aliphatic rings. The second kappa shape index (κ2) is 7.34. The molecule has 0 radical (unpaired) electrons. The summed E-state index contributed by atoms with van der Waals surface area (Å²) in [5.41, 5.74) is 14.3. The molecule has 0 amide bonds. The van der Waals surface area contributed by atoms with Gasteiger partial charge in [0.25, 0.3) is 0 Å². The van der Waals surface area contributed by atoms with Crippen LogP contribution in [0.15, 0.2) is 24.3 Å². The lowest BCUT2D eigenvalue weighted by Gasteiger charge is -2.42. The van der Waals surface area contributed by atoms with Crippen molar-refractivity contribution < 1.29 is 0 Å². The molecule has 3 nitrogen and oxygen atoms in total. The van der Waals surface area contributed by atoms with E-state index in [1.165, 1.54) is 5.56 Å². The van der Waals surface area contributed by atoms with Gasteiger partial charge in [-0.15, -0.1) is 24.8 Å². The average Bonchev–Trinajstić information content (AvgIpc) is 2.23. The van der Waals surface area contributed by atoms with E-state index in [0.29, 0.717) is 6.04 Å². The second-order valence-electron chi connectivity index (χ2n) is 5.84. The quantitative estimate of drug-likeness (QED) is 0.826. The largest absolute Gasteiger partial charge is 0.399 e. The zero-order valence-electron chi connectivity index (χ0n) is 11.6. The van der Waals surface area contributed by atoms with Crippen LogP contribution >= 0.6 is 24.8 Å². The molecule has 1 saturated heterocycles. The van der Waals surface area contributed by atoms with Crippen LogP contribution in [0, 0.1) is 5.41 Å². The molecule has 2 rings (SSSR count). The number of nitrogens with two attached hydrogens (primary N) is 2. The summed E-state index contributed by atoms with van der Waals surface area (Å²) in [7, 11) is 0. The number of nitrogen functional groups attached to an aromatic ring is 1. The van der Waals surface area contributed by atoms with Crippen LogP contribution in [-0.4, -0.2) is 24.0 Å². The van der Waals surface area contributed by atoms with Gasteiger partial charge < -0.3 is 11.5 Å². The van der Waals surface area contributed by atoms with Crippen molar-refractivity contribution >= 4 is 30.5 Å².